The molecule has 1 saturated carbocycles. The lowest BCUT2D eigenvalue weighted by atomic mass is 10.3. The van der Waals surface area contributed by atoms with E-state index in [0.717, 1.165) is 12.8 Å². The molecule has 1 aliphatic carbocycles. The van der Waals surface area contributed by atoms with Crippen molar-refractivity contribution < 1.29 is 4.52 Å². The molecule has 11 heavy (non-hydrogen) atoms. The van der Waals surface area contributed by atoms with Gasteiger partial charge in [-0.15, -0.1) is 4.91 Å². The van der Waals surface area contributed by atoms with E-state index in [4.69, 9.17) is 0 Å². The normalized spacial score (nSPS) is 16.7. The van der Waals surface area contributed by atoms with Gasteiger partial charge >= 0.3 is 5.63 Å². The summed E-state index contributed by atoms with van der Waals surface area (Å²) in [7, 11) is 0. The monoisotopic (exact) mass is 154 g/mol. The van der Waals surface area contributed by atoms with Crippen LogP contribution in [0.5, 0.6) is 0 Å². The van der Waals surface area contributed by atoms with E-state index < -0.39 is 5.63 Å². The lowest BCUT2D eigenvalue weighted by molar-refractivity contribution is 0.385. The van der Waals surface area contributed by atoms with Crippen LogP contribution >= 0.6 is 0 Å². The number of hydrogen-bond acceptors (Lipinski definition) is 4. The number of nitrogens with one attached hydrogen (secondary N) is 1. The highest BCUT2D eigenvalue weighted by Crippen LogP contribution is 2.41. The molecule has 0 amide bonds. The Morgan fingerprint density at radius 1 is 1.55 bits per heavy atom. The molecule has 0 aliphatic heterocycles. The average Bonchev–Trinajstić information content (AvgIpc) is 2.76. The molecular weight excluding hydrogens is 148 g/mol. The van der Waals surface area contributed by atoms with Gasteiger partial charge in [0.05, 0.1) is 5.69 Å². The van der Waals surface area contributed by atoms with Crippen molar-refractivity contribution in [2.45, 2.75) is 18.8 Å². The molecule has 0 atom stereocenters. The van der Waals surface area contributed by atoms with E-state index in [9.17, 15) is 9.70 Å². The van der Waals surface area contributed by atoms with Gasteiger partial charge in [-0.3, -0.25) is 0 Å². The number of H-pyrrole nitrogens is 1. The summed E-state index contributed by atoms with van der Waals surface area (Å²) in [6.45, 7) is 0. The topological polar surface area (TPSA) is 75.4 Å². The maximum absolute atomic E-state index is 10.7. The lowest BCUT2D eigenvalue weighted by Crippen LogP contribution is -1.90. The van der Waals surface area contributed by atoms with E-state index in [1.54, 1.807) is 0 Å². The fourth-order valence-electron chi connectivity index (χ4n) is 1.04. The van der Waals surface area contributed by atoms with Gasteiger partial charge in [0.1, 0.15) is 0 Å². The predicted octanol–water partition coefficient (Wildman–Crippen LogP) is 1.24. The summed E-state index contributed by atoms with van der Waals surface area (Å²) < 4.78 is 4.41. The van der Waals surface area contributed by atoms with Gasteiger partial charge in [0.25, 0.3) is 0 Å². The average molecular weight is 154 g/mol. The van der Waals surface area contributed by atoms with Crippen LogP contribution in [0, 0.1) is 4.91 Å². The molecule has 0 unspecified atom stereocenters. The molecule has 1 aromatic rings. The number of aromatic nitrogens is 1. The van der Waals surface area contributed by atoms with Gasteiger partial charge in [-0.2, -0.15) is 0 Å². The highest BCUT2D eigenvalue weighted by Gasteiger charge is 2.30. The van der Waals surface area contributed by atoms with Gasteiger partial charge in [-0.25, -0.2) is 9.95 Å². The van der Waals surface area contributed by atoms with Crippen LogP contribution in [-0.4, -0.2) is 5.16 Å². The van der Waals surface area contributed by atoms with Gasteiger partial charge in [0, 0.05) is 5.92 Å². The van der Waals surface area contributed by atoms with Crippen molar-refractivity contribution in [3.63, 3.8) is 0 Å². The first kappa shape index (κ1) is 6.33. The van der Waals surface area contributed by atoms with E-state index in [1.807, 2.05) is 0 Å². The first-order chi connectivity index (χ1) is 5.33. The minimum absolute atomic E-state index is 0.0903. The van der Waals surface area contributed by atoms with Crippen LogP contribution in [-0.2, 0) is 0 Å². The quantitative estimate of drug-likeness (QED) is 0.651. The number of rotatable bonds is 2. The Hall–Kier alpha value is -1.39. The van der Waals surface area contributed by atoms with Crippen LogP contribution in [0.4, 0.5) is 5.69 Å². The highest BCUT2D eigenvalue weighted by atomic mass is 16.5. The van der Waals surface area contributed by atoms with Crippen molar-refractivity contribution in [3.8, 4) is 0 Å². The van der Waals surface area contributed by atoms with E-state index >= 15 is 0 Å². The third-order valence-electron chi connectivity index (χ3n) is 1.78. The molecule has 1 aromatic heterocycles. The molecule has 2 rings (SSSR count). The molecule has 0 radical (unpaired) electrons. The SMILES string of the molecule is O=Nc1c(C2CC2)[nH]oc1=O. The van der Waals surface area contributed by atoms with Crippen LogP contribution in [0.3, 0.4) is 0 Å². The fraction of sp³-hybridized carbons (Fsp3) is 0.500. The van der Waals surface area contributed by atoms with Crippen LogP contribution < -0.4 is 5.63 Å². The maximum Gasteiger partial charge on any atom is 0.386 e. The molecule has 1 fully saturated rings. The van der Waals surface area contributed by atoms with Gasteiger partial charge in [-0.1, -0.05) is 0 Å². The second-order valence-electron chi connectivity index (χ2n) is 2.62. The molecule has 0 aromatic carbocycles. The van der Waals surface area contributed by atoms with E-state index in [1.165, 1.54) is 0 Å². The molecule has 5 nitrogen and oxygen atoms in total. The molecule has 0 bridgehead atoms. The number of nitrogens with zero attached hydrogens (tertiary/aromatic N) is 1. The molecule has 5 heteroatoms. The van der Waals surface area contributed by atoms with E-state index in [-0.39, 0.29) is 11.6 Å². The summed E-state index contributed by atoms with van der Waals surface area (Å²) in [4.78, 5) is 20.8. The highest BCUT2D eigenvalue weighted by molar-refractivity contribution is 5.41. The summed E-state index contributed by atoms with van der Waals surface area (Å²) in [6, 6.07) is 0. The zero-order chi connectivity index (χ0) is 7.84. The van der Waals surface area contributed by atoms with Crippen LogP contribution in [0.25, 0.3) is 0 Å². The molecule has 0 spiro atoms. The third kappa shape index (κ3) is 0.886. The first-order valence-corrected chi connectivity index (χ1v) is 3.37. The Balaban J connectivity index is 2.52. The Kier molecular flexibility index (Phi) is 1.18. The van der Waals surface area contributed by atoms with Crippen LogP contribution in [0.2, 0.25) is 0 Å². The Labute approximate surface area is 61.3 Å². The molecular formula is C6H6N2O3. The number of hydrogen-bond donors (Lipinski definition) is 1. The molecule has 1 aliphatic rings. The summed E-state index contributed by atoms with van der Waals surface area (Å²) in [6.07, 6.45) is 2.00. The van der Waals surface area contributed by atoms with E-state index in [2.05, 4.69) is 14.9 Å². The standard InChI is InChI=1S/C6H6N2O3/c9-6-5(7-10)4(8-11-6)3-1-2-3/h3,8H,1-2H2. The lowest BCUT2D eigenvalue weighted by Gasteiger charge is -1.85. The van der Waals surface area contributed by atoms with Crippen molar-refractivity contribution in [1.29, 1.82) is 0 Å². The van der Waals surface area contributed by atoms with Gasteiger partial charge < -0.3 is 4.52 Å². The van der Waals surface area contributed by atoms with Gasteiger partial charge in [-0.05, 0) is 18.0 Å². The maximum atomic E-state index is 10.7. The fourth-order valence-corrected chi connectivity index (χ4v) is 1.04. The molecule has 58 valence electrons. The van der Waals surface area contributed by atoms with Crippen molar-refractivity contribution in [1.82, 2.24) is 5.16 Å². The predicted molar refractivity (Wildman–Crippen MR) is 36.8 cm³/mol. The Bertz CT molecular complexity index is 334. The van der Waals surface area contributed by atoms with E-state index in [0.29, 0.717) is 5.69 Å². The number of aromatic amines is 1. The van der Waals surface area contributed by atoms with Crippen molar-refractivity contribution in [3.05, 3.63) is 21.0 Å². The first-order valence-electron chi connectivity index (χ1n) is 3.37. The van der Waals surface area contributed by atoms with Crippen LogP contribution in [0.1, 0.15) is 24.5 Å². The number of nitroso groups, excluding NO2 is 1. The zero-order valence-electron chi connectivity index (χ0n) is 5.66. The molecule has 1 N–H and O–H groups in total. The molecule has 0 saturated heterocycles. The van der Waals surface area contributed by atoms with Crippen LogP contribution in [0.15, 0.2) is 14.5 Å². The van der Waals surface area contributed by atoms with Crippen molar-refractivity contribution in [2.75, 3.05) is 0 Å². The third-order valence-corrected chi connectivity index (χ3v) is 1.78. The largest absolute Gasteiger partial charge is 0.386 e. The Morgan fingerprint density at radius 3 is 2.82 bits per heavy atom. The zero-order valence-corrected chi connectivity index (χ0v) is 5.66. The summed E-state index contributed by atoms with van der Waals surface area (Å²) in [5.74, 6) is 0.286. The van der Waals surface area contributed by atoms with Gasteiger partial charge in [0.2, 0.25) is 5.69 Å². The minimum Gasteiger partial charge on any atom is -0.336 e. The van der Waals surface area contributed by atoms with Gasteiger partial charge in [0.15, 0.2) is 0 Å². The minimum atomic E-state index is -0.665. The smallest absolute Gasteiger partial charge is 0.336 e. The summed E-state index contributed by atoms with van der Waals surface area (Å²) in [5.41, 5.74) is -0.195. The second kappa shape index (κ2) is 2.05. The summed E-state index contributed by atoms with van der Waals surface area (Å²) in [5, 5.41) is 5.01. The molecule has 1 heterocycles. The van der Waals surface area contributed by atoms with Crippen molar-refractivity contribution >= 4 is 5.69 Å². The second-order valence-corrected chi connectivity index (χ2v) is 2.62. The van der Waals surface area contributed by atoms with Crippen molar-refractivity contribution in [2.24, 2.45) is 5.18 Å². The Morgan fingerprint density at radius 2 is 2.27 bits per heavy atom. The summed E-state index contributed by atoms with van der Waals surface area (Å²) >= 11 is 0.